The van der Waals surface area contributed by atoms with Crippen LogP contribution in [-0.2, 0) is 6.54 Å². The van der Waals surface area contributed by atoms with Crippen LogP contribution in [0, 0.1) is 0 Å². The van der Waals surface area contributed by atoms with E-state index in [4.69, 9.17) is 16.3 Å². The van der Waals surface area contributed by atoms with Crippen LogP contribution >= 0.6 is 11.6 Å². The lowest BCUT2D eigenvalue weighted by Crippen LogP contribution is -2.16. The van der Waals surface area contributed by atoms with E-state index in [1.807, 2.05) is 6.92 Å². The number of nitrogens with zero attached hydrogens (tertiary/aromatic N) is 5. The molecule has 0 saturated carbocycles. The van der Waals surface area contributed by atoms with Crippen molar-refractivity contribution in [3.05, 3.63) is 59.6 Å². The summed E-state index contributed by atoms with van der Waals surface area (Å²) < 4.78 is 8.62. The highest BCUT2D eigenvalue weighted by Crippen LogP contribution is 2.36. The number of fused-ring (bicyclic) bond motifs is 1. The lowest BCUT2D eigenvalue weighted by atomic mass is 10.1. The number of methoxy groups -OCH3 is 1. The Balaban J connectivity index is 1.73. The van der Waals surface area contributed by atoms with Crippen molar-refractivity contribution in [2.24, 2.45) is 0 Å². The number of aliphatic hydroxyl groups is 1. The van der Waals surface area contributed by atoms with E-state index in [2.05, 4.69) is 20.5 Å². The second-order valence-electron chi connectivity index (χ2n) is 7.30. The lowest BCUT2D eigenvalue weighted by molar-refractivity contribution is 0.102. The zero-order valence-electron chi connectivity index (χ0n) is 17.7. The minimum absolute atomic E-state index is 0.290. The van der Waals surface area contributed by atoms with Gasteiger partial charge in [0.25, 0.3) is 5.91 Å². The molecule has 166 valence electrons. The maximum Gasteiger partial charge on any atom is 0.261 e. The third-order valence-corrected chi connectivity index (χ3v) is 5.21. The SMILES string of the molecule is CCCC(O)Cn1cc(NC(=O)c2cnn3cccnc23)c(-c2cc(Cl)ccc2OC)n1. The standard InChI is InChI=1S/C22H23ClN6O3/c1-3-5-15(30)12-28-13-18(20(27-28)16-10-14(23)6-7-19(16)32-2)26-22(31)17-11-25-29-9-4-8-24-21(17)29/h4,6-11,13,15,30H,3,5,12H2,1-2H3,(H,26,31). The van der Waals surface area contributed by atoms with Crippen LogP contribution in [0.3, 0.4) is 0 Å². The molecule has 9 nitrogen and oxygen atoms in total. The van der Waals surface area contributed by atoms with Crippen LogP contribution in [0.5, 0.6) is 5.75 Å². The molecule has 1 unspecified atom stereocenters. The molecule has 4 rings (SSSR count). The average molecular weight is 455 g/mol. The molecule has 2 N–H and O–H groups in total. The Kier molecular flexibility index (Phi) is 6.38. The fraction of sp³-hybridized carbons (Fsp3) is 0.273. The topological polar surface area (TPSA) is 107 Å². The number of hydrogen-bond acceptors (Lipinski definition) is 6. The van der Waals surface area contributed by atoms with Crippen molar-refractivity contribution < 1.29 is 14.6 Å². The number of amides is 1. The Morgan fingerprint density at radius 2 is 2.22 bits per heavy atom. The van der Waals surface area contributed by atoms with Gasteiger partial charge in [0.05, 0.1) is 31.6 Å². The molecule has 0 saturated heterocycles. The quantitative estimate of drug-likeness (QED) is 0.420. The number of hydrogen-bond donors (Lipinski definition) is 2. The summed E-state index contributed by atoms with van der Waals surface area (Å²) >= 11 is 6.22. The van der Waals surface area contributed by atoms with E-state index in [0.717, 1.165) is 6.42 Å². The average Bonchev–Trinajstić information content (AvgIpc) is 3.38. The number of carbonyl (C=O) groups excluding carboxylic acids is 1. The molecule has 3 heterocycles. The van der Waals surface area contributed by atoms with Crippen molar-refractivity contribution in [3.63, 3.8) is 0 Å². The molecule has 1 amide bonds. The highest BCUT2D eigenvalue weighted by Gasteiger charge is 2.21. The summed E-state index contributed by atoms with van der Waals surface area (Å²) in [5.74, 6) is 0.177. The number of anilines is 1. The highest BCUT2D eigenvalue weighted by molar-refractivity contribution is 6.31. The third kappa shape index (κ3) is 4.44. The van der Waals surface area contributed by atoms with Gasteiger partial charge in [-0.3, -0.25) is 9.48 Å². The molecule has 0 aliphatic heterocycles. The molecule has 10 heteroatoms. The van der Waals surface area contributed by atoms with Gasteiger partial charge < -0.3 is 15.2 Å². The first kappa shape index (κ1) is 21.8. The number of benzene rings is 1. The van der Waals surface area contributed by atoms with E-state index in [1.165, 1.54) is 10.7 Å². The summed E-state index contributed by atoms with van der Waals surface area (Å²) in [7, 11) is 1.55. The number of carbonyl (C=O) groups is 1. The van der Waals surface area contributed by atoms with E-state index >= 15 is 0 Å². The van der Waals surface area contributed by atoms with Gasteiger partial charge in [-0.15, -0.1) is 0 Å². The van der Waals surface area contributed by atoms with Crippen molar-refractivity contribution >= 4 is 28.8 Å². The number of rotatable bonds is 8. The Labute approximate surface area is 189 Å². The third-order valence-electron chi connectivity index (χ3n) is 4.97. The molecule has 0 bridgehead atoms. The lowest BCUT2D eigenvalue weighted by Gasteiger charge is -2.10. The maximum atomic E-state index is 13.1. The highest BCUT2D eigenvalue weighted by atomic mass is 35.5. The number of nitrogens with one attached hydrogen (secondary N) is 1. The predicted octanol–water partition coefficient (Wildman–Crippen LogP) is 3.67. The van der Waals surface area contributed by atoms with Crippen LogP contribution < -0.4 is 10.1 Å². The Hall–Kier alpha value is -3.43. The monoisotopic (exact) mass is 454 g/mol. The minimum Gasteiger partial charge on any atom is -0.496 e. The number of aliphatic hydroxyl groups excluding tert-OH is 1. The van der Waals surface area contributed by atoms with Gasteiger partial charge in [-0.25, -0.2) is 9.50 Å². The van der Waals surface area contributed by atoms with Gasteiger partial charge in [0, 0.05) is 29.2 Å². The van der Waals surface area contributed by atoms with Gasteiger partial charge >= 0.3 is 0 Å². The van der Waals surface area contributed by atoms with E-state index < -0.39 is 6.10 Å². The molecule has 0 aliphatic carbocycles. The van der Waals surface area contributed by atoms with Crippen molar-refractivity contribution in [3.8, 4) is 17.0 Å². The summed E-state index contributed by atoms with van der Waals surface area (Å²) in [6.07, 6.45) is 7.41. The van der Waals surface area contributed by atoms with Crippen LogP contribution in [0.15, 0.2) is 49.1 Å². The van der Waals surface area contributed by atoms with Crippen LogP contribution in [0.4, 0.5) is 5.69 Å². The number of halogens is 1. The summed E-state index contributed by atoms with van der Waals surface area (Å²) in [5, 5.41) is 22.4. The molecule has 0 aliphatic rings. The van der Waals surface area contributed by atoms with Crippen molar-refractivity contribution in [1.29, 1.82) is 0 Å². The van der Waals surface area contributed by atoms with Gasteiger partial charge in [-0.05, 0) is 30.7 Å². The van der Waals surface area contributed by atoms with E-state index in [-0.39, 0.29) is 12.5 Å². The Morgan fingerprint density at radius 1 is 1.38 bits per heavy atom. The molecule has 0 radical (unpaired) electrons. The Morgan fingerprint density at radius 3 is 3.00 bits per heavy atom. The number of ether oxygens (including phenoxy) is 1. The summed E-state index contributed by atoms with van der Waals surface area (Å²) in [4.78, 5) is 17.3. The first-order chi connectivity index (χ1) is 15.5. The largest absolute Gasteiger partial charge is 0.496 e. The summed E-state index contributed by atoms with van der Waals surface area (Å²) in [6.45, 7) is 2.29. The zero-order chi connectivity index (χ0) is 22.7. The molecule has 3 aromatic heterocycles. The molecule has 1 aromatic carbocycles. The van der Waals surface area contributed by atoms with Gasteiger partial charge in [0.15, 0.2) is 5.65 Å². The smallest absolute Gasteiger partial charge is 0.261 e. The predicted molar refractivity (Wildman–Crippen MR) is 121 cm³/mol. The molecule has 1 atom stereocenters. The van der Waals surface area contributed by atoms with Crippen molar-refractivity contribution in [1.82, 2.24) is 24.4 Å². The van der Waals surface area contributed by atoms with Gasteiger partial charge in [0.1, 0.15) is 17.0 Å². The van der Waals surface area contributed by atoms with Gasteiger partial charge in [0.2, 0.25) is 0 Å². The number of aromatic nitrogens is 5. The summed E-state index contributed by atoms with van der Waals surface area (Å²) in [6, 6.07) is 6.91. The molecular formula is C22H23ClN6O3. The molecule has 32 heavy (non-hydrogen) atoms. The van der Waals surface area contributed by atoms with E-state index in [0.29, 0.717) is 45.3 Å². The zero-order valence-corrected chi connectivity index (χ0v) is 18.5. The fourth-order valence-electron chi connectivity index (χ4n) is 3.49. The van der Waals surface area contributed by atoms with Gasteiger partial charge in [-0.1, -0.05) is 24.9 Å². The Bertz CT molecular complexity index is 1250. The van der Waals surface area contributed by atoms with Crippen LogP contribution in [0.2, 0.25) is 5.02 Å². The molecule has 0 spiro atoms. The maximum absolute atomic E-state index is 13.1. The van der Waals surface area contributed by atoms with Crippen LogP contribution in [-0.4, -0.2) is 48.6 Å². The molecular weight excluding hydrogens is 432 g/mol. The first-order valence-corrected chi connectivity index (χ1v) is 10.6. The van der Waals surface area contributed by atoms with Crippen LogP contribution in [0.25, 0.3) is 16.9 Å². The molecule has 0 fully saturated rings. The van der Waals surface area contributed by atoms with Gasteiger partial charge in [-0.2, -0.15) is 10.2 Å². The second-order valence-corrected chi connectivity index (χ2v) is 7.74. The first-order valence-electron chi connectivity index (χ1n) is 10.2. The molecule has 4 aromatic rings. The normalized spacial score (nSPS) is 12.1. The fourth-order valence-corrected chi connectivity index (χ4v) is 3.66. The minimum atomic E-state index is -0.554. The van der Waals surface area contributed by atoms with E-state index in [9.17, 15) is 9.90 Å². The summed E-state index contributed by atoms with van der Waals surface area (Å²) in [5.41, 5.74) is 2.32. The van der Waals surface area contributed by atoms with Crippen LogP contribution in [0.1, 0.15) is 30.1 Å². The van der Waals surface area contributed by atoms with Crippen molar-refractivity contribution in [2.75, 3.05) is 12.4 Å². The van der Waals surface area contributed by atoms with Crippen molar-refractivity contribution in [2.45, 2.75) is 32.4 Å². The second kappa shape index (κ2) is 9.37. The van der Waals surface area contributed by atoms with E-state index in [1.54, 1.807) is 54.6 Å².